The van der Waals surface area contributed by atoms with E-state index in [0.717, 1.165) is 12.1 Å². The minimum absolute atomic E-state index is 0.239. The van der Waals surface area contributed by atoms with E-state index in [4.69, 9.17) is 0 Å². The van der Waals surface area contributed by atoms with Gasteiger partial charge in [-0.25, -0.2) is 4.39 Å². The van der Waals surface area contributed by atoms with Crippen LogP contribution < -0.4 is 10.6 Å². The van der Waals surface area contributed by atoms with Gasteiger partial charge in [0.05, 0.1) is 16.6 Å². The minimum Gasteiger partial charge on any atom is -0.352 e. The molecule has 124 valence electrons. The summed E-state index contributed by atoms with van der Waals surface area (Å²) in [6.45, 7) is 2.29. The van der Waals surface area contributed by atoms with E-state index in [1.807, 2.05) is 0 Å². The van der Waals surface area contributed by atoms with Gasteiger partial charge in [0, 0.05) is 23.9 Å². The van der Waals surface area contributed by atoms with Crippen molar-refractivity contribution in [3.8, 4) is 0 Å². The van der Waals surface area contributed by atoms with Crippen LogP contribution in [0.3, 0.4) is 0 Å². The molecule has 0 fully saturated rings. The van der Waals surface area contributed by atoms with Crippen LogP contribution in [0.2, 0.25) is 0 Å². The van der Waals surface area contributed by atoms with Crippen molar-refractivity contribution in [3.05, 3.63) is 69.5 Å². The summed E-state index contributed by atoms with van der Waals surface area (Å²) in [5.74, 6) is -1.97. The van der Waals surface area contributed by atoms with Crippen LogP contribution in [-0.4, -0.2) is 23.3 Å². The Morgan fingerprint density at radius 3 is 2.33 bits per heavy atom. The molecule has 0 spiro atoms. The molecule has 0 atom stereocenters. The quantitative estimate of drug-likeness (QED) is 0.649. The van der Waals surface area contributed by atoms with Crippen molar-refractivity contribution in [1.29, 1.82) is 0 Å². The van der Waals surface area contributed by atoms with Crippen LogP contribution in [0.4, 0.5) is 15.8 Å². The zero-order valence-corrected chi connectivity index (χ0v) is 12.7. The van der Waals surface area contributed by atoms with Gasteiger partial charge < -0.3 is 10.6 Å². The molecular formula is C16H14FN3O4. The predicted molar refractivity (Wildman–Crippen MR) is 85.5 cm³/mol. The molecule has 0 saturated carbocycles. The van der Waals surface area contributed by atoms with Gasteiger partial charge in [-0.3, -0.25) is 19.7 Å². The molecule has 7 nitrogen and oxygen atoms in total. The molecule has 0 heterocycles. The fourth-order valence-electron chi connectivity index (χ4n) is 1.97. The number of carbonyl (C=O) groups is 2. The summed E-state index contributed by atoms with van der Waals surface area (Å²) in [7, 11) is 0. The number of nitro groups is 1. The number of non-ortho nitro benzene ring substituents is 1. The van der Waals surface area contributed by atoms with E-state index in [-0.39, 0.29) is 11.5 Å². The molecule has 0 aliphatic carbocycles. The van der Waals surface area contributed by atoms with E-state index >= 15 is 0 Å². The summed E-state index contributed by atoms with van der Waals surface area (Å²) in [6.07, 6.45) is 0. The lowest BCUT2D eigenvalue weighted by atomic mass is 10.1. The summed E-state index contributed by atoms with van der Waals surface area (Å²) in [5.41, 5.74) is 0.0471. The second kappa shape index (κ2) is 7.32. The first kappa shape index (κ1) is 17.1. The van der Waals surface area contributed by atoms with Gasteiger partial charge in [-0.15, -0.1) is 0 Å². The van der Waals surface area contributed by atoms with Gasteiger partial charge in [0.25, 0.3) is 17.5 Å². The Hall–Kier alpha value is -3.29. The molecule has 0 unspecified atom stereocenters. The Morgan fingerprint density at radius 2 is 1.79 bits per heavy atom. The molecule has 8 heteroatoms. The molecule has 0 saturated heterocycles. The number of benzene rings is 2. The van der Waals surface area contributed by atoms with Crippen molar-refractivity contribution >= 4 is 23.2 Å². The van der Waals surface area contributed by atoms with E-state index < -0.39 is 22.3 Å². The third-order valence-corrected chi connectivity index (χ3v) is 3.15. The summed E-state index contributed by atoms with van der Waals surface area (Å²) in [4.78, 5) is 33.5. The van der Waals surface area contributed by atoms with Crippen molar-refractivity contribution in [2.45, 2.75) is 6.92 Å². The SMILES string of the molecule is CCNC(=O)c1ccc(NC(=O)c2ccc([N+](=O)[O-])cc2F)cc1. The second-order valence-electron chi connectivity index (χ2n) is 4.81. The van der Waals surface area contributed by atoms with Crippen LogP contribution in [0.5, 0.6) is 0 Å². The Labute approximate surface area is 136 Å². The maximum atomic E-state index is 13.8. The van der Waals surface area contributed by atoms with Crippen molar-refractivity contribution in [3.63, 3.8) is 0 Å². The fourth-order valence-corrected chi connectivity index (χ4v) is 1.97. The van der Waals surface area contributed by atoms with Crippen molar-refractivity contribution in [2.24, 2.45) is 0 Å². The molecule has 0 aliphatic rings. The lowest BCUT2D eigenvalue weighted by Gasteiger charge is -2.07. The summed E-state index contributed by atoms with van der Waals surface area (Å²) in [6, 6.07) is 8.84. The van der Waals surface area contributed by atoms with Crippen LogP contribution in [0.15, 0.2) is 42.5 Å². The van der Waals surface area contributed by atoms with Gasteiger partial charge >= 0.3 is 0 Å². The number of anilines is 1. The standard InChI is InChI=1S/C16H14FN3O4/c1-2-18-15(21)10-3-5-11(6-4-10)19-16(22)13-8-7-12(20(23)24)9-14(13)17/h3-9H,2H2,1H3,(H,18,21)(H,19,22). The summed E-state index contributed by atoms with van der Waals surface area (Å²) in [5, 5.41) is 15.7. The minimum atomic E-state index is -0.986. The zero-order valence-electron chi connectivity index (χ0n) is 12.7. The van der Waals surface area contributed by atoms with Crippen LogP contribution >= 0.6 is 0 Å². The van der Waals surface area contributed by atoms with E-state index in [1.54, 1.807) is 6.92 Å². The van der Waals surface area contributed by atoms with Gasteiger partial charge in [-0.05, 0) is 37.3 Å². The molecule has 0 aliphatic heterocycles. The Balaban J connectivity index is 2.12. The summed E-state index contributed by atoms with van der Waals surface area (Å²) >= 11 is 0. The maximum Gasteiger partial charge on any atom is 0.272 e. The highest BCUT2D eigenvalue weighted by Gasteiger charge is 2.16. The van der Waals surface area contributed by atoms with Crippen LogP contribution in [0.1, 0.15) is 27.6 Å². The molecule has 0 bridgehead atoms. The van der Waals surface area contributed by atoms with E-state index in [1.165, 1.54) is 24.3 Å². The third-order valence-electron chi connectivity index (χ3n) is 3.15. The number of rotatable bonds is 5. The average Bonchev–Trinajstić information content (AvgIpc) is 2.55. The third kappa shape index (κ3) is 3.92. The number of amides is 2. The summed E-state index contributed by atoms with van der Waals surface area (Å²) < 4.78 is 13.8. The molecular weight excluding hydrogens is 317 g/mol. The zero-order chi connectivity index (χ0) is 17.7. The van der Waals surface area contributed by atoms with Gasteiger partial charge in [-0.1, -0.05) is 0 Å². The smallest absolute Gasteiger partial charge is 0.272 e. The van der Waals surface area contributed by atoms with Gasteiger partial charge in [0.15, 0.2) is 0 Å². The predicted octanol–water partition coefficient (Wildman–Crippen LogP) is 2.74. The number of nitro benzene ring substituents is 1. The van der Waals surface area contributed by atoms with Gasteiger partial charge in [-0.2, -0.15) is 0 Å². The number of halogens is 1. The van der Waals surface area contributed by atoms with Gasteiger partial charge in [0.1, 0.15) is 5.82 Å². The van der Waals surface area contributed by atoms with Crippen LogP contribution in [0.25, 0.3) is 0 Å². The molecule has 2 rings (SSSR count). The number of carbonyl (C=O) groups excluding carboxylic acids is 2. The number of hydrogen-bond acceptors (Lipinski definition) is 4. The van der Waals surface area contributed by atoms with Crippen molar-refractivity contribution in [1.82, 2.24) is 5.32 Å². The van der Waals surface area contributed by atoms with E-state index in [9.17, 15) is 24.1 Å². The lowest BCUT2D eigenvalue weighted by molar-refractivity contribution is -0.385. The largest absolute Gasteiger partial charge is 0.352 e. The Kier molecular flexibility index (Phi) is 5.20. The lowest BCUT2D eigenvalue weighted by Crippen LogP contribution is -2.22. The topological polar surface area (TPSA) is 101 Å². The van der Waals surface area contributed by atoms with E-state index in [2.05, 4.69) is 10.6 Å². The monoisotopic (exact) mass is 331 g/mol. The molecule has 2 aromatic rings. The molecule has 24 heavy (non-hydrogen) atoms. The first-order chi connectivity index (χ1) is 11.4. The van der Waals surface area contributed by atoms with Crippen LogP contribution in [-0.2, 0) is 0 Å². The molecule has 2 aromatic carbocycles. The molecule has 0 aromatic heterocycles. The highest BCUT2D eigenvalue weighted by atomic mass is 19.1. The molecule has 0 radical (unpaired) electrons. The first-order valence-corrected chi connectivity index (χ1v) is 7.06. The van der Waals surface area contributed by atoms with E-state index in [0.29, 0.717) is 23.9 Å². The number of nitrogens with one attached hydrogen (secondary N) is 2. The molecule has 2 N–H and O–H groups in total. The molecule has 2 amide bonds. The van der Waals surface area contributed by atoms with Crippen molar-refractivity contribution < 1.29 is 18.9 Å². The Morgan fingerprint density at radius 1 is 1.12 bits per heavy atom. The van der Waals surface area contributed by atoms with Crippen LogP contribution in [0, 0.1) is 15.9 Å². The highest BCUT2D eigenvalue weighted by Crippen LogP contribution is 2.18. The van der Waals surface area contributed by atoms with Gasteiger partial charge in [0.2, 0.25) is 0 Å². The Bertz CT molecular complexity index is 790. The fraction of sp³-hybridized carbons (Fsp3) is 0.125. The first-order valence-electron chi connectivity index (χ1n) is 7.06. The average molecular weight is 331 g/mol. The normalized spacial score (nSPS) is 10.1. The number of hydrogen-bond donors (Lipinski definition) is 2. The number of nitrogens with zero attached hydrogens (tertiary/aromatic N) is 1. The van der Waals surface area contributed by atoms with Crippen molar-refractivity contribution in [2.75, 3.05) is 11.9 Å². The highest BCUT2D eigenvalue weighted by molar-refractivity contribution is 6.05. The maximum absolute atomic E-state index is 13.8. The second-order valence-corrected chi connectivity index (χ2v) is 4.81.